The minimum absolute atomic E-state index is 0.641. The monoisotopic (exact) mass is 229 g/mol. The Bertz CT molecular complexity index is 433. The summed E-state index contributed by atoms with van der Waals surface area (Å²) in [7, 11) is 0. The molecule has 3 aliphatic rings. The van der Waals surface area contributed by atoms with Gasteiger partial charge in [-0.2, -0.15) is 0 Å². The van der Waals surface area contributed by atoms with Crippen LogP contribution in [0, 0.1) is 0 Å². The van der Waals surface area contributed by atoms with Gasteiger partial charge in [-0.25, -0.2) is 0 Å². The largest absolute Gasteiger partial charge is 0.367 e. The van der Waals surface area contributed by atoms with Crippen LogP contribution in [0.2, 0.25) is 0 Å². The zero-order chi connectivity index (χ0) is 11.2. The molecule has 3 nitrogen and oxygen atoms in total. The summed E-state index contributed by atoms with van der Waals surface area (Å²) in [6, 6.07) is 8.44. The van der Waals surface area contributed by atoms with Gasteiger partial charge in [0.15, 0.2) is 0 Å². The number of benzene rings is 1. The van der Waals surface area contributed by atoms with E-state index in [0.29, 0.717) is 6.04 Å². The Morgan fingerprint density at radius 2 is 2.18 bits per heavy atom. The predicted octanol–water partition coefficient (Wildman–Crippen LogP) is 1.06. The lowest BCUT2D eigenvalue weighted by molar-refractivity contribution is 0.654. The topological polar surface area (TPSA) is 37.2 Å². The number of nitrogens with one attached hydrogen (secondary N) is 2. The van der Waals surface area contributed by atoms with Crippen molar-refractivity contribution in [3.05, 3.63) is 29.3 Å². The lowest BCUT2D eigenvalue weighted by Crippen LogP contribution is -2.35. The fourth-order valence-corrected chi connectivity index (χ4v) is 3.24. The van der Waals surface area contributed by atoms with Gasteiger partial charge in [0.05, 0.1) is 0 Å². The van der Waals surface area contributed by atoms with Crippen molar-refractivity contribution in [1.29, 1.82) is 0 Å². The van der Waals surface area contributed by atoms with Crippen molar-refractivity contribution in [3.8, 4) is 0 Å². The maximum absolute atomic E-state index is 3.47. The first-order chi connectivity index (χ1) is 8.42. The van der Waals surface area contributed by atoms with Crippen LogP contribution < -0.4 is 15.5 Å². The van der Waals surface area contributed by atoms with E-state index in [4.69, 9.17) is 0 Å². The van der Waals surface area contributed by atoms with E-state index in [1.807, 2.05) is 0 Å². The van der Waals surface area contributed by atoms with Crippen LogP contribution in [0.3, 0.4) is 0 Å². The molecule has 3 heteroatoms. The van der Waals surface area contributed by atoms with Gasteiger partial charge < -0.3 is 15.5 Å². The fraction of sp³-hybridized carbons (Fsp3) is 0.571. The van der Waals surface area contributed by atoms with Gasteiger partial charge in [-0.1, -0.05) is 12.1 Å². The molecule has 3 aliphatic heterocycles. The number of fused-ring (bicyclic) bond motifs is 1. The van der Waals surface area contributed by atoms with Gasteiger partial charge in [0.1, 0.15) is 0 Å². The van der Waals surface area contributed by atoms with Crippen LogP contribution in [0.4, 0.5) is 5.69 Å². The van der Waals surface area contributed by atoms with Gasteiger partial charge in [-0.05, 0) is 36.6 Å². The summed E-state index contributed by atoms with van der Waals surface area (Å²) in [5, 5.41) is 6.85. The quantitative estimate of drug-likeness (QED) is 0.745. The molecule has 90 valence electrons. The van der Waals surface area contributed by atoms with Crippen molar-refractivity contribution in [2.45, 2.75) is 24.9 Å². The first kappa shape index (κ1) is 9.92. The van der Waals surface area contributed by atoms with Crippen molar-refractivity contribution in [1.82, 2.24) is 10.6 Å². The summed E-state index contributed by atoms with van der Waals surface area (Å²) in [6.07, 6.45) is 2.53. The Hall–Kier alpha value is -1.06. The van der Waals surface area contributed by atoms with Gasteiger partial charge in [0, 0.05) is 37.4 Å². The highest BCUT2D eigenvalue weighted by Crippen LogP contribution is 2.34. The second-order valence-electron chi connectivity index (χ2n) is 5.44. The van der Waals surface area contributed by atoms with Crippen molar-refractivity contribution in [2.24, 2.45) is 0 Å². The Morgan fingerprint density at radius 3 is 2.94 bits per heavy atom. The summed E-state index contributed by atoms with van der Waals surface area (Å²) in [5.41, 5.74) is 4.53. The number of rotatable bonds is 2. The molecular weight excluding hydrogens is 210 g/mol. The highest BCUT2D eigenvalue weighted by molar-refractivity contribution is 5.60. The average molecular weight is 229 g/mol. The molecule has 3 heterocycles. The molecule has 0 aliphatic carbocycles. The van der Waals surface area contributed by atoms with E-state index in [1.54, 1.807) is 5.56 Å². The Labute approximate surface area is 102 Å². The zero-order valence-corrected chi connectivity index (χ0v) is 10.1. The second kappa shape index (κ2) is 3.72. The third kappa shape index (κ3) is 1.65. The van der Waals surface area contributed by atoms with E-state index in [-0.39, 0.29) is 0 Å². The smallest absolute Gasteiger partial charge is 0.0447 e. The van der Waals surface area contributed by atoms with Crippen LogP contribution in [0.5, 0.6) is 0 Å². The van der Waals surface area contributed by atoms with Crippen molar-refractivity contribution >= 4 is 5.69 Å². The average Bonchev–Trinajstić information content (AvgIpc) is 2.91. The molecule has 2 unspecified atom stereocenters. The highest BCUT2D eigenvalue weighted by Gasteiger charge is 2.30. The Morgan fingerprint density at radius 1 is 1.24 bits per heavy atom. The Kier molecular flexibility index (Phi) is 2.17. The van der Waals surface area contributed by atoms with Crippen molar-refractivity contribution in [3.63, 3.8) is 0 Å². The SMILES string of the molecule is c1cc2c(cc1C1CN1)CCN2C1CCNC1. The van der Waals surface area contributed by atoms with E-state index in [1.165, 1.54) is 37.2 Å². The second-order valence-corrected chi connectivity index (χ2v) is 5.44. The maximum atomic E-state index is 3.47. The van der Waals surface area contributed by atoms with Gasteiger partial charge in [0.25, 0.3) is 0 Å². The molecule has 4 rings (SSSR count). The van der Waals surface area contributed by atoms with Crippen LogP contribution >= 0.6 is 0 Å². The van der Waals surface area contributed by atoms with E-state index >= 15 is 0 Å². The molecule has 2 fully saturated rings. The van der Waals surface area contributed by atoms with Gasteiger partial charge in [0.2, 0.25) is 0 Å². The summed E-state index contributed by atoms with van der Waals surface area (Å²) < 4.78 is 0. The summed E-state index contributed by atoms with van der Waals surface area (Å²) in [5.74, 6) is 0. The minimum Gasteiger partial charge on any atom is -0.367 e. The first-order valence-electron chi connectivity index (χ1n) is 6.75. The van der Waals surface area contributed by atoms with E-state index < -0.39 is 0 Å². The molecule has 1 aromatic rings. The normalized spacial score (nSPS) is 30.7. The molecule has 1 aromatic carbocycles. The number of anilines is 1. The standard InChI is InChI=1S/C14H19N3/c1-2-14-11(7-10(1)13-9-16-13)4-6-17(14)12-3-5-15-8-12/h1-2,7,12-13,15-16H,3-6,8-9H2. The molecule has 0 amide bonds. The van der Waals surface area contributed by atoms with Crippen molar-refractivity contribution in [2.75, 3.05) is 31.1 Å². The van der Waals surface area contributed by atoms with Crippen LogP contribution in [0.15, 0.2) is 18.2 Å². The van der Waals surface area contributed by atoms with Crippen LogP contribution in [0.25, 0.3) is 0 Å². The van der Waals surface area contributed by atoms with Gasteiger partial charge in [-0.3, -0.25) is 0 Å². The van der Waals surface area contributed by atoms with E-state index in [0.717, 1.165) is 19.1 Å². The van der Waals surface area contributed by atoms with Gasteiger partial charge >= 0.3 is 0 Å². The zero-order valence-electron chi connectivity index (χ0n) is 10.1. The summed E-state index contributed by atoms with van der Waals surface area (Å²) in [6.45, 7) is 4.71. The molecule has 0 aromatic heterocycles. The van der Waals surface area contributed by atoms with Gasteiger partial charge in [-0.15, -0.1) is 0 Å². The third-order valence-corrected chi connectivity index (χ3v) is 4.32. The molecule has 0 saturated carbocycles. The highest BCUT2D eigenvalue weighted by atomic mass is 15.2. The van der Waals surface area contributed by atoms with E-state index in [2.05, 4.69) is 33.7 Å². The molecule has 2 atom stereocenters. The molecular formula is C14H19N3. The molecule has 0 radical (unpaired) electrons. The predicted molar refractivity (Wildman–Crippen MR) is 69.5 cm³/mol. The third-order valence-electron chi connectivity index (χ3n) is 4.32. The van der Waals surface area contributed by atoms with Crippen molar-refractivity contribution < 1.29 is 0 Å². The molecule has 0 bridgehead atoms. The van der Waals surface area contributed by atoms with E-state index in [9.17, 15) is 0 Å². The first-order valence-corrected chi connectivity index (χ1v) is 6.75. The summed E-state index contributed by atoms with van der Waals surface area (Å²) in [4.78, 5) is 2.61. The number of hydrogen-bond donors (Lipinski definition) is 2. The summed E-state index contributed by atoms with van der Waals surface area (Å²) >= 11 is 0. The van der Waals surface area contributed by atoms with Crippen LogP contribution in [-0.2, 0) is 6.42 Å². The maximum Gasteiger partial charge on any atom is 0.0447 e. The Balaban J connectivity index is 1.63. The lowest BCUT2D eigenvalue weighted by atomic mass is 10.1. The van der Waals surface area contributed by atoms with Crippen LogP contribution in [0.1, 0.15) is 23.6 Å². The fourth-order valence-electron chi connectivity index (χ4n) is 3.24. The molecule has 0 spiro atoms. The number of hydrogen-bond acceptors (Lipinski definition) is 3. The van der Waals surface area contributed by atoms with Crippen LogP contribution in [-0.4, -0.2) is 32.2 Å². The molecule has 2 N–H and O–H groups in total. The minimum atomic E-state index is 0.641. The lowest BCUT2D eigenvalue weighted by Gasteiger charge is -2.26. The number of nitrogens with zero attached hydrogens (tertiary/aromatic N) is 1. The molecule has 17 heavy (non-hydrogen) atoms. The molecule has 2 saturated heterocycles.